The van der Waals surface area contributed by atoms with Gasteiger partial charge >= 0.3 is 0 Å². The fraction of sp³-hybridized carbons (Fsp3) is 0.200. The molecule has 2 aromatic carbocycles. The van der Waals surface area contributed by atoms with Gasteiger partial charge in [0, 0.05) is 6.54 Å². The summed E-state index contributed by atoms with van der Waals surface area (Å²) < 4.78 is 19.0. The number of hydrogen-bond acceptors (Lipinski definition) is 2. The van der Waals surface area contributed by atoms with Crippen LogP contribution in [0.1, 0.15) is 6.42 Å². The van der Waals surface area contributed by atoms with E-state index in [1.807, 2.05) is 30.3 Å². The zero-order chi connectivity index (χ0) is 13.5. The standard InChI is InChI=1S/C15H15ClFNO/c16-13-8-4-9-14(17)15(13)18-10-5-11-19-12-6-2-1-3-7-12/h1-4,6-9,18H,5,10-11H2. The Bertz CT molecular complexity index is 499. The van der Waals surface area contributed by atoms with E-state index in [2.05, 4.69) is 5.32 Å². The van der Waals surface area contributed by atoms with Gasteiger partial charge in [-0.15, -0.1) is 0 Å². The lowest BCUT2D eigenvalue weighted by atomic mass is 10.3. The van der Waals surface area contributed by atoms with E-state index in [0.717, 1.165) is 12.2 Å². The highest BCUT2D eigenvalue weighted by Gasteiger charge is 2.05. The maximum atomic E-state index is 13.4. The van der Waals surface area contributed by atoms with E-state index in [1.165, 1.54) is 6.07 Å². The Hall–Kier alpha value is -1.74. The van der Waals surface area contributed by atoms with Crippen LogP contribution in [0, 0.1) is 5.82 Å². The van der Waals surface area contributed by atoms with Gasteiger partial charge in [0.15, 0.2) is 0 Å². The Balaban J connectivity index is 1.73. The minimum atomic E-state index is -0.337. The first kappa shape index (κ1) is 13.7. The highest BCUT2D eigenvalue weighted by Crippen LogP contribution is 2.24. The SMILES string of the molecule is Fc1cccc(Cl)c1NCCCOc1ccccc1. The van der Waals surface area contributed by atoms with Gasteiger partial charge < -0.3 is 10.1 Å². The second-order valence-electron chi connectivity index (χ2n) is 4.04. The molecule has 0 saturated carbocycles. The number of halogens is 2. The second kappa shape index (κ2) is 7.00. The Morgan fingerprint density at radius 2 is 1.84 bits per heavy atom. The van der Waals surface area contributed by atoms with Crippen molar-refractivity contribution >= 4 is 17.3 Å². The molecule has 0 aliphatic carbocycles. The van der Waals surface area contributed by atoms with E-state index in [-0.39, 0.29) is 5.82 Å². The average Bonchev–Trinajstić information content (AvgIpc) is 2.42. The third-order valence-corrected chi connectivity index (χ3v) is 2.91. The zero-order valence-corrected chi connectivity index (χ0v) is 11.2. The molecule has 19 heavy (non-hydrogen) atoms. The van der Waals surface area contributed by atoms with Gasteiger partial charge in [0.2, 0.25) is 0 Å². The van der Waals surface area contributed by atoms with Crippen molar-refractivity contribution in [1.82, 2.24) is 0 Å². The van der Waals surface area contributed by atoms with E-state index in [1.54, 1.807) is 12.1 Å². The molecule has 0 heterocycles. The highest BCUT2D eigenvalue weighted by atomic mass is 35.5. The second-order valence-corrected chi connectivity index (χ2v) is 4.45. The molecular weight excluding hydrogens is 265 g/mol. The van der Waals surface area contributed by atoms with Gasteiger partial charge in [-0.3, -0.25) is 0 Å². The normalized spacial score (nSPS) is 10.2. The minimum Gasteiger partial charge on any atom is -0.494 e. The van der Waals surface area contributed by atoms with Gasteiger partial charge in [0.05, 0.1) is 17.3 Å². The van der Waals surface area contributed by atoms with E-state index in [4.69, 9.17) is 16.3 Å². The van der Waals surface area contributed by atoms with E-state index in [9.17, 15) is 4.39 Å². The molecule has 0 fully saturated rings. The van der Waals surface area contributed by atoms with Gasteiger partial charge in [-0.25, -0.2) is 4.39 Å². The number of para-hydroxylation sites is 2. The van der Waals surface area contributed by atoms with Crippen LogP contribution >= 0.6 is 11.6 Å². The number of benzene rings is 2. The van der Waals surface area contributed by atoms with Gasteiger partial charge in [0.25, 0.3) is 0 Å². The molecule has 100 valence electrons. The number of ether oxygens (including phenoxy) is 1. The minimum absolute atomic E-state index is 0.337. The first-order chi connectivity index (χ1) is 9.27. The number of nitrogens with one attached hydrogen (secondary N) is 1. The Kier molecular flexibility index (Phi) is 5.04. The summed E-state index contributed by atoms with van der Waals surface area (Å²) in [6.07, 6.45) is 0.763. The highest BCUT2D eigenvalue weighted by molar-refractivity contribution is 6.33. The van der Waals surface area contributed by atoms with Crippen molar-refractivity contribution in [2.24, 2.45) is 0 Å². The molecule has 0 saturated heterocycles. The quantitative estimate of drug-likeness (QED) is 0.793. The van der Waals surface area contributed by atoms with Crippen LogP contribution in [0.3, 0.4) is 0 Å². The molecule has 0 radical (unpaired) electrons. The maximum absolute atomic E-state index is 13.4. The molecule has 0 aliphatic heterocycles. The lowest BCUT2D eigenvalue weighted by Crippen LogP contribution is -2.08. The first-order valence-electron chi connectivity index (χ1n) is 6.13. The van der Waals surface area contributed by atoms with Crippen LogP contribution in [-0.4, -0.2) is 13.2 Å². The Labute approximate surface area is 117 Å². The molecule has 2 nitrogen and oxygen atoms in total. The van der Waals surface area contributed by atoms with E-state index in [0.29, 0.717) is 23.9 Å². The number of rotatable bonds is 6. The molecule has 0 atom stereocenters. The lowest BCUT2D eigenvalue weighted by molar-refractivity contribution is 0.315. The maximum Gasteiger partial charge on any atom is 0.147 e. The average molecular weight is 280 g/mol. The Morgan fingerprint density at radius 1 is 1.05 bits per heavy atom. The summed E-state index contributed by atoms with van der Waals surface area (Å²) in [4.78, 5) is 0. The predicted octanol–water partition coefficient (Wildman–Crippen LogP) is 4.36. The molecule has 0 bridgehead atoms. The summed E-state index contributed by atoms with van der Waals surface area (Å²) in [5.41, 5.74) is 0.351. The zero-order valence-electron chi connectivity index (χ0n) is 10.4. The smallest absolute Gasteiger partial charge is 0.147 e. The summed E-state index contributed by atoms with van der Waals surface area (Å²) in [5, 5.41) is 3.37. The fourth-order valence-electron chi connectivity index (χ4n) is 1.66. The number of hydrogen-bond donors (Lipinski definition) is 1. The van der Waals surface area contributed by atoms with Crippen LogP contribution in [0.15, 0.2) is 48.5 Å². The molecular formula is C15H15ClFNO. The van der Waals surface area contributed by atoms with Crippen LogP contribution in [-0.2, 0) is 0 Å². The Morgan fingerprint density at radius 3 is 2.58 bits per heavy atom. The van der Waals surface area contributed by atoms with Gasteiger partial charge in [-0.2, -0.15) is 0 Å². The summed E-state index contributed by atoms with van der Waals surface area (Å²) >= 11 is 5.90. The van der Waals surface area contributed by atoms with E-state index < -0.39 is 0 Å². The molecule has 1 N–H and O–H groups in total. The molecule has 0 unspecified atom stereocenters. The third-order valence-electron chi connectivity index (χ3n) is 2.60. The molecule has 0 aromatic heterocycles. The summed E-state index contributed by atoms with van der Waals surface area (Å²) in [7, 11) is 0. The molecule has 2 rings (SSSR count). The van der Waals surface area contributed by atoms with Crippen LogP contribution < -0.4 is 10.1 Å². The van der Waals surface area contributed by atoms with Gasteiger partial charge in [0.1, 0.15) is 11.6 Å². The molecule has 0 spiro atoms. The molecule has 0 amide bonds. The number of anilines is 1. The summed E-state index contributed by atoms with van der Waals surface area (Å²) in [6, 6.07) is 14.2. The topological polar surface area (TPSA) is 21.3 Å². The third kappa shape index (κ3) is 4.14. The van der Waals surface area contributed by atoms with Crippen molar-refractivity contribution in [3.63, 3.8) is 0 Å². The van der Waals surface area contributed by atoms with Crippen molar-refractivity contribution in [2.75, 3.05) is 18.5 Å². The van der Waals surface area contributed by atoms with Crippen molar-refractivity contribution < 1.29 is 9.13 Å². The van der Waals surface area contributed by atoms with Crippen molar-refractivity contribution in [1.29, 1.82) is 0 Å². The largest absolute Gasteiger partial charge is 0.494 e. The van der Waals surface area contributed by atoms with Crippen LogP contribution in [0.2, 0.25) is 5.02 Å². The van der Waals surface area contributed by atoms with Gasteiger partial charge in [-0.1, -0.05) is 35.9 Å². The van der Waals surface area contributed by atoms with Crippen molar-refractivity contribution in [2.45, 2.75) is 6.42 Å². The van der Waals surface area contributed by atoms with Gasteiger partial charge in [-0.05, 0) is 30.7 Å². The van der Waals surface area contributed by atoms with Crippen LogP contribution in [0.4, 0.5) is 10.1 Å². The van der Waals surface area contributed by atoms with Crippen LogP contribution in [0.5, 0.6) is 5.75 Å². The predicted molar refractivity (Wildman–Crippen MR) is 76.5 cm³/mol. The fourth-order valence-corrected chi connectivity index (χ4v) is 1.89. The first-order valence-corrected chi connectivity index (χ1v) is 6.51. The van der Waals surface area contributed by atoms with E-state index >= 15 is 0 Å². The summed E-state index contributed by atoms with van der Waals surface area (Å²) in [5.74, 6) is 0.503. The molecule has 0 aliphatic rings. The van der Waals surface area contributed by atoms with Crippen LogP contribution in [0.25, 0.3) is 0 Å². The van der Waals surface area contributed by atoms with Crippen molar-refractivity contribution in [3.05, 3.63) is 59.4 Å². The molecule has 4 heteroatoms. The van der Waals surface area contributed by atoms with Crippen molar-refractivity contribution in [3.8, 4) is 5.75 Å². The monoisotopic (exact) mass is 279 g/mol. The molecule has 2 aromatic rings. The lowest BCUT2D eigenvalue weighted by Gasteiger charge is -2.10. The summed E-state index contributed by atoms with van der Waals surface area (Å²) in [6.45, 7) is 1.18.